The molecule has 6 nitrogen and oxygen atoms in total. The van der Waals surface area contributed by atoms with Crippen molar-refractivity contribution >= 4 is 5.69 Å². The number of nitrogens with zero attached hydrogens (tertiary/aromatic N) is 4. The Morgan fingerprint density at radius 1 is 1.05 bits per heavy atom. The summed E-state index contributed by atoms with van der Waals surface area (Å²) in [6.07, 6.45) is 5.14. The minimum atomic E-state index is -0.422. The molecule has 0 atom stereocenters. The van der Waals surface area contributed by atoms with Gasteiger partial charge in [-0.3, -0.25) is 15.1 Å². The highest BCUT2D eigenvalue weighted by atomic mass is 16.6. The van der Waals surface area contributed by atoms with Gasteiger partial charge < -0.3 is 0 Å². The minimum absolute atomic E-state index is 0.0591. The predicted molar refractivity (Wildman–Crippen MR) is 73.4 cm³/mol. The van der Waals surface area contributed by atoms with Crippen LogP contribution in [0.1, 0.15) is 0 Å². The molecule has 0 aliphatic heterocycles. The molecule has 2 aromatic heterocycles. The smallest absolute Gasteiger partial charge is 0.264 e. The molecule has 2 heterocycles. The van der Waals surface area contributed by atoms with E-state index in [1.165, 1.54) is 12.1 Å². The topological polar surface area (TPSA) is 73.8 Å². The van der Waals surface area contributed by atoms with Gasteiger partial charge >= 0.3 is 0 Å². The summed E-state index contributed by atoms with van der Waals surface area (Å²) in [6.45, 7) is 0. The van der Waals surface area contributed by atoms with Crippen LogP contribution in [0.3, 0.4) is 0 Å². The largest absolute Gasteiger partial charge is 0.269 e. The lowest BCUT2D eigenvalue weighted by molar-refractivity contribution is -0.384. The van der Waals surface area contributed by atoms with E-state index in [0.29, 0.717) is 0 Å². The molecule has 3 rings (SSSR count). The van der Waals surface area contributed by atoms with Gasteiger partial charge in [0.1, 0.15) is 0 Å². The number of hydrogen-bond donors (Lipinski definition) is 0. The maximum absolute atomic E-state index is 10.7. The summed E-state index contributed by atoms with van der Waals surface area (Å²) in [5, 5.41) is 14.9. The first kappa shape index (κ1) is 12.0. The van der Waals surface area contributed by atoms with Gasteiger partial charge in [-0.05, 0) is 30.3 Å². The number of nitro benzene ring substituents is 1. The summed E-state index contributed by atoms with van der Waals surface area (Å²) in [5.74, 6) is 0. The first-order valence-electron chi connectivity index (χ1n) is 5.95. The second-order valence-corrected chi connectivity index (χ2v) is 4.14. The van der Waals surface area contributed by atoms with Crippen LogP contribution in [0.4, 0.5) is 5.69 Å². The number of nitro groups is 1. The van der Waals surface area contributed by atoms with Crippen molar-refractivity contribution < 1.29 is 4.92 Å². The summed E-state index contributed by atoms with van der Waals surface area (Å²) in [5.41, 5.74) is 2.64. The fourth-order valence-corrected chi connectivity index (χ4v) is 1.96. The average molecular weight is 266 g/mol. The van der Waals surface area contributed by atoms with E-state index in [1.54, 1.807) is 35.4 Å². The number of non-ortho nitro benzene ring substituents is 1. The van der Waals surface area contributed by atoms with Crippen LogP contribution in [0.15, 0.2) is 61.1 Å². The van der Waals surface area contributed by atoms with E-state index >= 15 is 0 Å². The van der Waals surface area contributed by atoms with E-state index in [4.69, 9.17) is 0 Å². The van der Waals surface area contributed by atoms with Crippen molar-refractivity contribution in [3.63, 3.8) is 0 Å². The minimum Gasteiger partial charge on any atom is -0.264 e. The number of hydrogen-bond acceptors (Lipinski definition) is 4. The monoisotopic (exact) mass is 266 g/mol. The fourth-order valence-electron chi connectivity index (χ4n) is 1.96. The fraction of sp³-hybridized carbons (Fsp3) is 0. The van der Waals surface area contributed by atoms with Crippen molar-refractivity contribution in [3.05, 3.63) is 71.2 Å². The van der Waals surface area contributed by atoms with Gasteiger partial charge in [0.15, 0.2) is 0 Å². The van der Waals surface area contributed by atoms with E-state index in [2.05, 4.69) is 10.1 Å². The highest BCUT2D eigenvalue weighted by molar-refractivity contribution is 5.60. The average Bonchev–Trinajstić information content (AvgIpc) is 2.97. The third-order valence-electron chi connectivity index (χ3n) is 2.91. The van der Waals surface area contributed by atoms with E-state index < -0.39 is 4.92 Å². The molecule has 0 radical (unpaired) electrons. The number of pyridine rings is 1. The second kappa shape index (κ2) is 4.93. The van der Waals surface area contributed by atoms with Gasteiger partial charge in [0, 0.05) is 30.1 Å². The third-order valence-corrected chi connectivity index (χ3v) is 2.91. The molecule has 20 heavy (non-hydrogen) atoms. The molecule has 0 aliphatic rings. The summed E-state index contributed by atoms with van der Waals surface area (Å²) in [7, 11) is 0. The van der Waals surface area contributed by atoms with Crippen LogP contribution in [0.2, 0.25) is 0 Å². The van der Waals surface area contributed by atoms with Crippen LogP contribution in [0.25, 0.3) is 16.9 Å². The summed E-state index contributed by atoms with van der Waals surface area (Å²) in [4.78, 5) is 14.3. The Morgan fingerprint density at radius 2 is 1.85 bits per heavy atom. The van der Waals surface area contributed by atoms with Crippen molar-refractivity contribution in [2.75, 3.05) is 0 Å². The van der Waals surface area contributed by atoms with Gasteiger partial charge in [-0.25, -0.2) is 4.68 Å². The van der Waals surface area contributed by atoms with Crippen molar-refractivity contribution in [2.45, 2.75) is 0 Å². The first-order chi connectivity index (χ1) is 9.75. The van der Waals surface area contributed by atoms with Gasteiger partial charge in [-0.1, -0.05) is 0 Å². The van der Waals surface area contributed by atoms with Crippen LogP contribution in [0, 0.1) is 10.1 Å². The standard InChI is InChI=1S/C14H10N4O2/c19-18(20)13-5-3-12(4-6-13)17-14(7-9-16-17)11-2-1-8-15-10-11/h1-10H. The highest BCUT2D eigenvalue weighted by Crippen LogP contribution is 2.22. The van der Waals surface area contributed by atoms with Gasteiger partial charge in [0.05, 0.1) is 22.5 Å². The van der Waals surface area contributed by atoms with Crippen LogP contribution >= 0.6 is 0 Å². The molecule has 6 heteroatoms. The van der Waals surface area contributed by atoms with Gasteiger partial charge in [0.2, 0.25) is 0 Å². The highest BCUT2D eigenvalue weighted by Gasteiger charge is 2.09. The van der Waals surface area contributed by atoms with Gasteiger partial charge in [-0.2, -0.15) is 5.10 Å². The van der Waals surface area contributed by atoms with Crippen molar-refractivity contribution in [2.24, 2.45) is 0 Å². The molecule has 0 amide bonds. The van der Waals surface area contributed by atoms with E-state index in [1.807, 2.05) is 18.2 Å². The first-order valence-corrected chi connectivity index (χ1v) is 5.95. The van der Waals surface area contributed by atoms with Crippen LogP contribution < -0.4 is 0 Å². The maximum Gasteiger partial charge on any atom is 0.269 e. The molecule has 0 saturated carbocycles. The van der Waals surface area contributed by atoms with Gasteiger partial charge in [-0.15, -0.1) is 0 Å². The Kier molecular flexibility index (Phi) is 2.96. The Balaban J connectivity index is 2.04. The van der Waals surface area contributed by atoms with Crippen LogP contribution in [-0.2, 0) is 0 Å². The predicted octanol–water partition coefficient (Wildman–Crippen LogP) is 2.84. The molecule has 1 aromatic carbocycles. The quantitative estimate of drug-likeness (QED) is 0.539. The molecule has 0 spiro atoms. The molecule has 0 saturated heterocycles. The Hall–Kier alpha value is -3.02. The summed E-state index contributed by atoms with van der Waals surface area (Å²) in [6, 6.07) is 11.9. The Labute approximate surface area is 114 Å². The van der Waals surface area contributed by atoms with Gasteiger partial charge in [0.25, 0.3) is 5.69 Å². The molecule has 3 aromatic rings. The third kappa shape index (κ3) is 2.14. The zero-order valence-corrected chi connectivity index (χ0v) is 10.4. The second-order valence-electron chi connectivity index (χ2n) is 4.14. The van der Waals surface area contributed by atoms with Crippen LogP contribution in [-0.4, -0.2) is 19.7 Å². The van der Waals surface area contributed by atoms with E-state index in [-0.39, 0.29) is 5.69 Å². The normalized spacial score (nSPS) is 10.4. The lowest BCUT2D eigenvalue weighted by Gasteiger charge is -2.07. The maximum atomic E-state index is 10.7. The molecular formula is C14H10N4O2. The number of aromatic nitrogens is 3. The van der Waals surface area contributed by atoms with Crippen molar-refractivity contribution in [1.82, 2.24) is 14.8 Å². The van der Waals surface area contributed by atoms with Crippen molar-refractivity contribution in [1.29, 1.82) is 0 Å². The lowest BCUT2D eigenvalue weighted by Crippen LogP contribution is -1.99. The zero-order chi connectivity index (χ0) is 13.9. The van der Waals surface area contributed by atoms with Crippen LogP contribution in [0.5, 0.6) is 0 Å². The molecule has 0 bridgehead atoms. The molecule has 0 N–H and O–H groups in total. The summed E-state index contributed by atoms with van der Waals surface area (Å²) < 4.78 is 1.72. The Bertz CT molecular complexity index is 735. The van der Waals surface area contributed by atoms with E-state index in [9.17, 15) is 10.1 Å². The molecule has 0 aliphatic carbocycles. The van der Waals surface area contributed by atoms with Crippen molar-refractivity contribution in [3.8, 4) is 16.9 Å². The van der Waals surface area contributed by atoms with E-state index in [0.717, 1.165) is 16.9 Å². The number of rotatable bonds is 3. The molecular weight excluding hydrogens is 256 g/mol. The zero-order valence-electron chi connectivity index (χ0n) is 10.4. The SMILES string of the molecule is O=[N+]([O-])c1ccc(-n2nccc2-c2cccnc2)cc1. The molecule has 0 unspecified atom stereocenters. The molecule has 0 fully saturated rings. The summed E-state index contributed by atoms with van der Waals surface area (Å²) >= 11 is 0. The molecule has 98 valence electrons. The number of benzene rings is 1. The Morgan fingerprint density at radius 3 is 2.50 bits per heavy atom. The lowest BCUT2D eigenvalue weighted by atomic mass is 10.2.